The zero-order valence-corrected chi connectivity index (χ0v) is 18.2. The number of esters is 2. The van der Waals surface area contributed by atoms with Crippen molar-refractivity contribution in [2.24, 2.45) is 0 Å². The molecule has 0 radical (unpaired) electrons. The number of carbonyl (C=O) groups excluding carboxylic acids is 2. The summed E-state index contributed by atoms with van der Waals surface area (Å²) in [4.78, 5) is 24.2. The molecule has 0 saturated carbocycles. The molecule has 162 valence electrons. The first-order valence-corrected chi connectivity index (χ1v) is 10.8. The maximum absolute atomic E-state index is 13.4. The van der Waals surface area contributed by atoms with Gasteiger partial charge < -0.3 is 14.2 Å². The highest BCUT2D eigenvalue weighted by molar-refractivity contribution is 7.92. The third-order valence-corrected chi connectivity index (χ3v) is 6.05. The number of rotatable bonds is 9. The summed E-state index contributed by atoms with van der Waals surface area (Å²) in [5, 5.41) is 0. The molecule has 0 unspecified atom stereocenters. The van der Waals surface area contributed by atoms with Crippen LogP contribution in [0.2, 0.25) is 0 Å². The van der Waals surface area contributed by atoms with Crippen molar-refractivity contribution in [1.29, 1.82) is 0 Å². The van der Waals surface area contributed by atoms with Gasteiger partial charge in [0.1, 0.15) is 12.3 Å². The van der Waals surface area contributed by atoms with Gasteiger partial charge in [-0.3, -0.25) is 9.10 Å². The second kappa shape index (κ2) is 10.1. The van der Waals surface area contributed by atoms with Crippen molar-refractivity contribution in [3.8, 4) is 5.75 Å². The SMILES string of the molecule is CCOC(=O)CN(c1cccc(C(=O)OC)c1C)S(=O)(=O)c1ccc(OCC)cc1. The Labute approximate surface area is 176 Å². The Hall–Kier alpha value is -3.07. The smallest absolute Gasteiger partial charge is 0.338 e. The van der Waals surface area contributed by atoms with Crippen molar-refractivity contribution in [2.75, 3.05) is 31.2 Å². The van der Waals surface area contributed by atoms with Crippen molar-refractivity contribution in [3.63, 3.8) is 0 Å². The zero-order chi connectivity index (χ0) is 22.3. The molecule has 2 aromatic rings. The van der Waals surface area contributed by atoms with E-state index in [9.17, 15) is 18.0 Å². The van der Waals surface area contributed by atoms with Crippen LogP contribution in [-0.2, 0) is 24.3 Å². The molecule has 0 spiro atoms. The lowest BCUT2D eigenvalue weighted by Gasteiger charge is -2.26. The molecule has 2 aromatic carbocycles. The molecule has 0 aliphatic carbocycles. The molecule has 0 saturated heterocycles. The lowest BCUT2D eigenvalue weighted by atomic mass is 10.1. The molecule has 0 bridgehead atoms. The van der Waals surface area contributed by atoms with Crippen molar-refractivity contribution in [3.05, 3.63) is 53.6 Å². The number of sulfonamides is 1. The number of hydrogen-bond acceptors (Lipinski definition) is 7. The van der Waals surface area contributed by atoms with Crippen LogP contribution in [0.1, 0.15) is 29.8 Å². The highest BCUT2D eigenvalue weighted by Crippen LogP contribution is 2.30. The molecule has 0 fully saturated rings. The van der Waals surface area contributed by atoms with E-state index >= 15 is 0 Å². The van der Waals surface area contributed by atoms with Crippen LogP contribution in [0, 0.1) is 6.92 Å². The third-order valence-electron chi connectivity index (χ3n) is 4.28. The first-order chi connectivity index (χ1) is 14.3. The molecule has 8 nitrogen and oxygen atoms in total. The Morgan fingerprint density at radius 3 is 2.23 bits per heavy atom. The van der Waals surface area contributed by atoms with Gasteiger partial charge in [-0.2, -0.15) is 0 Å². The number of hydrogen-bond donors (Lipinski definition) is 0. The van der Waals surface area contributed by atoms with Crippen LogP contribution < -0.4 is 9.04 Å². The maximum Gasteiger partial charge on any atom is 0.338 e. The van der Waals surface area contributed by atoms with Gasteiger partial charge >= 0.3 is 11.9 Å². The highest BCUT2D eigenvalue weighted by atomic mass is 32.2. The topological polar surface area (TPSA) is 99.2 Å². The molecule has 0 N–H and O–H groups in total. The van der Waals surface area contributed by atoms with Crippen LogP contribution in [0.5, 0.6) is 5.75 Å². The van der Waals surface area contributed by atoms with Crippen LogP contribution in [-0.4, -0.2) is 47.2 Å². The maximum atomic E-state index is 13.4. The van der Waals surface area contributed by atoms with E-state index in [0.29, 0.717) is 17.9 Å². The van der Waals surface area contributed by atoms with E-state index in [2.05, 4.69) is 0 Å². The molecule has 0 heterocycles. The Morgan fingerprint density at radius 1 is 1.00 bits per heavy atom. The quantitative estimate of drug-likeness (QED) is 0.558. The number of methoxy groups -OCH3 is 1. The molecule has 30 heavy (non-hydrogen) atoms. The first-order valence-electron chi connectivity index (χ1n) is 9.35. The largest absolute Gasteiger partial charge is 0.494 e. The summed E-state index contributed by atoms with van der Waals surface area (Å²) in [5.74, 6) is -0.795. The van der Waals surface area contributed by atoms with Crippen LogP contribution >= 0.6 is 0 Å². The van der Waals surface area contributed by atoms with Crippen molar-refractivity contribution in [2.45, 2.75) is 25.7 Å². The van der Waals surface area contributed by atoms with E-state index in [0.717, 1.165) is 4.31 Å². The van der Waals surface area contributed by atoms with Crippen LogP contribution in [0.25, 0.3) is 0 Å². The average molecular weight is 435 g/mol. The van der Waals surface area contributed by atoms with Crippen molar-refractivity contribution in [1.82, 2.24) is 0 Å². The van der Waals surface area contributed by atoms with Gasteiger partial charge in [-0.1, -0.05) is 6.07 Å². The normalized spacial score (nSPS) is 10.9. The molecule has 0 aromatic heterocycles. The van der Waals surface area contributed by atoms with Crippen LogP contribution in [0.3, 0.4) is 0 Å². The van der Waals surface area contributed by atoms with E-state index in [1.807, 2.05) is 6.92 Å². The van der Waals surface area contributed by atoms with Gasteiger partial charge in [-0.15, -0.1) is 0 Å². The lowest BCUT2D eigenvalue weighted by Crippen LogP contribution is -2.37. The second-order valence-corrected chi connectivity index (χ2v) is 8.02. The van der Waals surface area contributed by atoms with E-state index in [1.54, 1.807) is 13.8 Å². The van der Waals surface area contributed by atoms with Gasteiger partial charge in [-0.25, -0.2) is 13.2 Å². The zero-order valence-electron chi connectivity index (χ0n) is 17.4. The molecule has 2 rings (SSSR count). The summed E-state index contributed by atoms with van der Waals surface area (Å²) in [5.41, 5.74) is 0.744. The van der Waals surface area contributed by atoms with Gasteiger partial charge in [0.05, 0.1) is 36.5 Å². The average Bonchev–Trinajstić information content (AvgIpc) is 2.72. The first kappa shape index (κ1) is 23.2. The van der Waals surface area contributed by atoms with E-state index in [1.165, 1.54) is 49.6 Å². The van der Waals surface area contributed by atoms with Gasteiger partial charge in [0.2, 0.25) is 0 Å². The number of benzene rings is 2. The summed E-state index contributed by atoms with van der Waals surface area (Å²) >= 11 is 0. The van der Waals surface area contributed by atoms with Crippen molar-refractivity contribution >= 4 is 27.6 Å². The fourth-order valence-electron chi connectivity index (χ4n) is 2.85. The number of ether oxygens (including phenoxy) is 3. The minimum Gasteiger partial charge on any atom is -0.494 e. The number of carbonyl (C=O) groups is 2. The molecule has 9 heteroatoms. The molecule has 0 aliphatic rings. The molecule has 0 atom stereocenters. The minimum atomic E-state index is -4.15. The predicted octanol–water partition coefficient (Wildman–Crippen LogP) is 2.94. The fraction of sp³-hybridized carbons (Fsp3) is 0.333. The fourth-order valence-corrected chi connectivity index (χ4v) is 4.32. The van der Waals surface area contributed by atoms with Crippen molar-refractivity contribution < 1.29 is 32.2 Å². The summed E-state index contributed by atoms with van der Waals surface area (Å²) < 4.78 is 42.8. The summed E-state index contributed by atoms with van der Waals surface area (Å²) in [7, 11) is -2.91. The Balaban J connectivity index is 2.58. The third kappa shape index (κ3) is 5.10. The van der Waals surface area contributed by atoms with Crippen LogP contribution in [0.15, 0.2) is 47.4 Å². The van der Waals surface area contributed by atoms with Gasteiger partial charge in [0.15, 0.2) is 0 Å². The molecule has 0 aliphatic heterocycles. The Bertz CT molecular complexity index is 1000. The van der Waals surface area contributed by atoms with E-state index in [-0.39, 0.29) is 22.8 Å². The Kier molecular flexibility index (Phi) is 7.82. The molecule has 0 amide bonds. The van der Waals surface area contributed by atoms with Gasteiger partial charge in [-0.05, 0) is 62.7 Å². The number of anilines is 1. The van der Waals surface area contributed by atoms with Gasteiger partial charge in [0.25, 0.3) is 10.0 Å². The predicted molar refractivity (Wildman–Crippen MR) is 111 cm³/mol. The summed E-state index contributed by atoms with van der Waals surface area (Å²) in [6.07, 6.45) is 0. The summed E-state index contributed by atoms with van der Waals surface area (Å²) in [6, 6.07) is 10.5. The molecular formula is C21H25NO7S. The van der Waals surface area contributed by atoms with Crippen LogP contribution in [0.4, 0.5) is 5.69 Å². The monoisotopic (exact) mass is 435 g/mol. The number of nitrogens with zero attached hydrogens (tertiary/aromatic N) is 1. The minimum absolute atomic E-state index is 0.0295. The van der Waals surface area contributed by atoms with E-state index < -0.39 is 28.5 Å². The standard InChI is InChI=1S/C21H25NO7S/c1-5-28-16-10-12-17(13-11-16)30(25,26)22(14-20(23)29-6-2)19-9-7-8-18(15(19)3)21(24)27-4/h7-13H,5-6,14H2,1-4H3. The van der Waals surface area contributed by atoms with E-state index in [4.69, 9.17) is 14.2 Å². The molecular weight excluding hydrogens is 410 g/mol. The highest BCUT2D eigenvalue weighted by Gasteiger charge is 2.30. The Morgan fingerprint density at radius 2 is 1.67 bits per heavy atom. The summed E-state index contributed by atoms with van der Waals surface area (Å²) in [6.45, 7) is 5.05. The second-order valence-electron chi connectivity index (χ2n) is 6.16. The van der Waals surface area contributed by atoms with Gasteiger partial charge in [0, 0.05) is 0 Å². The lowest BCUT2D eigenvalue weighted by molar-refractivity contribution is -0.141.